The summed E-state index contributed by atoms with van der Waals surface area (Å²) in [5.41, 5.74) is 0. The molecule has 2 rings (SSSR count). The number of hydrogen-bond donors (Lipinski definition) is 0. The predicted molar refractivity (Wildman–Crippen MR) is 136 cm³/mol. The molecular formula is C26H44CrP2. The molecule has 0 bridgehead atoms. The van der Waals surface area contributed by atoms with Gasteiger partial charge in [-0.2, -0.15) is 24.3 Å². The molecule has 0 radical (unpaired) electrons. The normalized spacial score (nSPS) is 10.7. The Kier molecular flexibility index (Phi) is 20.1. The van der Waals surface area contributed by atoms with Crippen molar-refractivity contribution in [2.24, 2.45) is 0 Å². The third-order valence-electron chi connectivity index (χ3n) is 5.15. The predicted octanol–water partition coefficient (Wildman–Crippen LogP) is 8.22. The van der Waals surface area contributed by atoms with Crippen LogP contribution in [0, 0.1) is 0 Å². The number of rotatable bonds is 14. The Balaban J connectivity index is 0.000000523. The standard InChI is InChI=1S/2C13H22P.Cr/c2*1-3-5-11-14(12-6-4-2)13-9-7-8-10-13;/h2*7-10H,3-6,11-12H2,1-2H3;/q2*-1;+2. The number of unbranched alkanes of at least 4 members (excludes halogenated alkanes) is 4. The summed E-state index contributed by atoms with van der Waals surface area (Å²) in [6, 6.07) is 18.0. The largest absolute Gasteiger partial charge is 2.00 e. The maximum Gasteiger partial charge on any atom is 2.00 e. The van der Waals surface area contributed by atoms with Crippen LogP contribution in [0.25, 0.3) is 0 Å². The van der Waals surface area contributed by atoms with Crippen LogP contribution in [-0.4, -0.2) is 24.6 Å². The first-order valence-corrected chi connectivity index (χ1v) is 15.1. The molecule has 0 aromatic heterocycles. The van der Waals surface area contributed by atoms with E-state index in [4.69, 9.17) is 0 Å². The fraction of sp³-hybridized carbons (Fsp3) is 0.615. The summed E-state index contributed by atoms with van der Waals surface area (Å²) in [7, 11) is 0.339. The van der Waals surface area contributed by atoms with Crippen molar-refractivity contribution >= 4 is 26.5 Å². The van der Waals surface area contributed by atoms with Crippen LogP contribution in [0.3, 0.4) is 0 Å². The average molecular weight is 471 g/mol. The molecule has 0 spiro atoms. The fourth-order valence-electron chi connectivity index (χ4n) is 3.29. The van der Waals surface area contributed by atoms with E-state index in [-0.39, 0.29) is 33.2 Å². The zero-order chi connectivity index (χ0) is 20.5. The van der Waals surface area contributed by atoms with Crippen LogP contribution in [0.2, 0.25) is 0 Å². The van der Waals surface area contributed by atoms with Crippen molar-refractivity contribution in [2.45, 2.75) is 79.1 Å². The summed E-state index contributed by atoms with van der Waals surface area (Å²) in [6.45, 7) is 9.16. The molecule has 0 saturated carbocycles. The van der Waals surface area contributed by atoms with E-state index in [0.717, 1.165) is 0 Å². The monoisotopic (exact) mass is 470 g/mol. The van der Waals surface area contributed by atoms with Crippen molar-refractivity contribution in [2.75, 3.05) is 24.6 Å². The Hall–Kier alpha value is 0.0925. The van der Waals surface area contributed by atoms with E-state index in [1.807, 2.05) is 0 Å². The van der Waals surface area contributed by atoms with E-state index in [9.17, 15) is 0 Å². The third kappa shape index (κ3) is 13.2. The minimum Gasteiger partial charge on any atom is -0.213 e. The first kappa shape index (κ1) is 29.1. The minimum absolute atomic E-state index is 0. The van der Waals surface area contributed by atoms with E-state index in [1.165, 1.54) is 76.0 Å². The van der Waals surface area contributed by atoms with Crippen molar-refractivity contribution in [3.05, 3.63) is 48.5 Å². The molecule has 0 nitrogen and oxygen atoms in total. The Labute approximate surface area is 195 Å². The maximum absolute atomic E-state index is 2.32. The number of hydrogen-bond acceptors (Lipinski definition) is 0. The van der Waals surface area contributed by atoms with E-state index in [0.29, 0.717) is 0 Å². The maximum atomic E-state index is 2.32. The summed E-state index contributed by atoms with van der Waals surface area (Å²) in [5.74, 6) is 0. The molecule has 0 N–H and O–H groups in total. The van der Waals surface area contributed by atoms with Gasteiger partial charge in [0, 0.05) is 0 Å². The van der Waals surface area contributed by atoms with Crippen LogP contribution < -0.4 is 10.6 Å². The molecule has 0 aliphatic carbocycles. The van der Waals surface area contributed by atoms with Gasteiger partial charge in [-0.1, -0.05) is 53.4 Å². The second-order valence-electron chi connectivity index (χ2n) is 7.67. The molecule has 0 aliphatic heterocycles. The van der Waals surface area contributed by atoms with Gasteiger partial charge in [-0.25, -0.2) is 24.3 Å². The van der Waals surface area contributed by atoms with Crippen LogP contribution in [-0.2, 0) is 17.4 Å². The van der Waals surface area contributed by atoms with E-state index in [1.54, 1.807) is 10.6 Å². The molecule has 0 amide bonds. The summed E-state index contributed by atoms with van der Waals surface area (Å²) in [5, 5.41) is 3.25. The minimum atomic E-state index is 0. The smallest absolute Gasteiger partial charge is 0.213 e. The summed E-state index contributed by atoms with van der Waals surface area (Å²) < 4.78 is 0. The van der Waals surface area contributed by atoms with Crippen LogP contribution >= 0.6 is 15.8 Å². The first-order valence-electron chi connectivity index (χ1n) is 11.7. The third-order valence-corrected chi connectivity index (χ3v) is 10.6. The van der Waals surface area contributed by atoms with Crippen molar-refractivity contribution in [3.8, 4) is 0 Å². The summed E-state index contributed by atoms with van der Waals surface area (Å²) in [6.07, 6.45) is 16.7. The molecule has 2 aromatic rings. The molecule has 0 unspecified atom stereocenters. The first-order chi connectivity index (χ1) is 13.8. The average Bonchev–Trinajstić information content (AvgIpc) is 3.43. The molecule has 0 heterocycles. The van der Waals surface area contributed by atoms with Gasteiger partial charge in [0.25, 0.3) is 0 Å². The topological polar surface area (TPSA) is 0 Å². The van der Waals surface area contributed by atoms with E-state index >= 15 is 0 Å². The molecule has 164 valence electrons. The van der Waals surface area contributed by atoms with Gasteiger partial charge in [0.1, 0.15) is 0 Å². The van der Waals surface area contributed by atoms with Gasteiger partial charge in [0.15, 0.2) is 0 Å². The van der Waals surface area contributed by atoms with Crippen molar-refractivity contribution in [1.82, 2.24) is 0 Å². The zero-order valence-electron chi connectivity index (χ0n) is 19.4. The fourth-order valence-corrected chi connectivity index (χ4v) is 8.74. The molecule has 3 heteroatoms. The van der Waals surface area contributed by atoms with Crippen LogP contribution in [0.15, 0.2) is 48.5 Å². The molecule has 0 aliphatic rings. The zero-order valence-corrected chi connectivity index (χ0v) is 22.5. The molecule has 0 fully saturated rings. The van der Waals surface area contributed by atoms with Crippen molar-refractivity contribution < 1.29 is 17.4 Å². The van der Waals surface area contributed by atoms with Gasteiger partial charge in [0.05, 0.1) is 0 Å². The molecule has 29 heavy (non-hydrogen) atoms. The Bertz CT molecular complexity index is 467. The molecule has 2 aromatic carbocycles. The molecule has 0 atom stereocenters. The second-order valence-corrected chi connectivity index (χ2v) is 12.7. The molecular weight excluding hydrogens is 426 g/mol. The Morgan fingerprint density at radius 2 is 0.897 bits per heavy atom. The van der Waals surface area contributed by atoms with Crippen molar-refractivity contribution in [3.63, 3.8) is 0 Å². The van der Waals surface area contributed by atoms with Crippen LogP contribution in [0.5, 0.6) is 0 Å². The van der Waals surface area contributed by atoms with Gasteiger partial charge in [-0.15, -0.1) is 26.5 Å². The SMILES string of the molecule is CCCCP(CCCC)c1ccc[cH-]1.CCCCP(CCCC)c1ccc[cH-]1.[Cr+2]. The Morgan fingerprint density at radius 1 is 0.586 bits per heavy atom. The van der Waals surface area contributed by atoms with Crippen LogP contribution in [0.1, 0.15) is 79.1 Å². The quantitative estimate of drug-likeness (QED) is 0.193. The molecule has 0 saturated heterocycles. The van der Waals surface area contributed by atoms with E-state index < -0.39 is 0 Å². The van der Waals surface area contributed by atoms with Crippen LogP contribution in [0.4, 0.5) is 0 Å². The van der Waals surface area contributed by atoms with Gasteiger partial charge in [-0.05, 0) is 50.3 Å². The summed E-state index contributed by atoms with van der Waals surface area (Å²) >= 11 is 0. The van der Waals surface area contributed by atoms with Gasteiger partial charge < -0.3 is 0 Å². The second kappa shape index (κ2) is 20.0. The Morgan fingerprint density at radius 3 is 1.10 bits per heavy atom. The summed E-state index contributed by atoms with van der Waals surface area (Å²) in [4.78, 5) is 0. The van der Waals surface area contributed by atoms with Gasteiger partial charge >= 0.3 is 17.4 Å². The van der Waals surface area contributed by atoms with Crippen molar-refractivity contribution in [1.29, 1.82) is 0 Å². The van der Waals surface area contributed by atoms with Gasteiger partial charge in [0.2, 0.25) is 0 Å². The van der Waals surface area contributed by atoms with Gasteiger partial charge in [-0.3, -0.25) is 0 Å². The van der Waals surface area contributed by atoms with E-state index in [2.05, 4.69) is 76.2 Å².